The van der Waals surface area contributed by atoms with E-state index in [-0.39, 0.29) is 11.9 Å². The van der Waals surface area contributed by atoms with E-state index in [2.05, 4.69) is 4.90 Å². The van der Waals surface area contributed by atoms with E-state index in [1.807, 2.05) is 30.3 Å². The summed E-state index contributed by atoms with van der Waals surface area (Å²) in [7, 11) is 0. The standard InChI is InChI=1S/C16H16FNO/c17-13-5-3-4-12(10-13)11-18-9-8-16(19)14-6-1-2-7-15(14)18/h1-7,10,16,19H,8-9,11H2. The summed E-state index contributed by atoms with van der Waals surface area (Å²) in [5.41, 5.74) is 2.96. The summed E-state index contributed by atoms with van der Waals surface area (Å²) in [6, 6.07) is 14.6. The molecule has 0 amide bonds. The number of aliphatic hydroxyl groups is 1. The third-order valence-electron chi connectivity index (χ3n) is 3.57. The number of halogens is 1. The molecule has 0 aliphatic carbocycles. The van der Waals surface area contributed by atoms with Crippen LogP contribution in [0.2, 0.25) is 0 Å². The number of hydrogen-bond donors (Lipinski definition) is 1. The number of aliphatic hydroxyl groups excluding tert-OH is 1. The van der Waals surface area contributed by atoms with E-state index < -0.39 is 0 Å². The Morgan fingerprint density at radius 1 is 1.16 bits per heavy atom. The van der Waals surface area contributed by atoms with Crippen molar-refractivity contribution in [2.75, 3.05) is 11.4 Å². The maximum Gasteiger partial charge on any atom is 0.123 e. The number of anilines is 1. The highest BCUT2D eigenvalue weighted by atomic mass is 19.1. The molecule has 98 valence electrons. The van der Waals surface area contributed by atoms with Crippen molar-refractivity contribution in [2.24, 2.45) is 0 Å². The van der Waals surface area contributed by atoms with Crippen molar-refractivity contribution in [1.29, 1.82) is 0 Å². The van der Waals surface area contributed by atoms with E-state index in [4.69, 9.17) is 0 Å². The molecule has 2 aromatic carbocycles. The SMILES string of the molecule is OC1CCN(Cc2cccc(F)c2)c2ccccc21. The Morgan fingerprint density at radius 3 is 2.84 bits per heavy atom. The summed E-state index contributed by atoms with van der Waals surface area (Å²) >= 11 is 0. The molecule has 1 atom stereocenters. The smallest absolute Gasteiger partial charge is 0.123 e. The molecule has 3 rings (SSSR count). The second-order valence-corrected chi connectivity index (χ2v) is 4.91. The minimum atomic E-state index is -0.389. The van der Waals surface area contributed by atoms with Crippen LogP contribution in [0.1, 0.15) is 23.7 Å². The van der Waals surface area contributed by atoms with Gasteiger partial charge in [-0.2, -0.15) is 0 Å². The van der Waals surface area contributed by atoms with Gasteiger partial charge in [-0.1, -0.05) is 30.3 Å². The number of nitrogens with zero attached hydrogens (tertiary/aromatic N) is 1. The number of rotatable bonds is 2. The van der Waals surface area contributed by atoms with Gasteiger partial charge in [0.25, 0.3) is 0 Å². The lowest BCUT2D eigenvalue weighted by molar-refractivity contribution is 0.164. The van der Waals surface area contributed by atoms with Crippen LogP contribution in [0.5, 0.6) is 0 Å². The number of hydrogen-bond acceptors (Lipinski definition) is 2. The molecular formula is C16H16FNO. The van der Waals surface area contributed by atoms with Crippen molar-refractivity contribution in [3.8, 4) is 0 Å². The molecule has 0 bridgehead atoms. The van der Waals surface area contributed by atoms with Crippen molar-refractivity contribution in [2.45, 2.75) is 19.1 Å². The van der Waals surface area contributed by atoms with Crippen LogP contribution in [0.3, 0.4) is 0 Å². The Balaban J connectivity index is 1.89. The first-order valence-corrected chi connectivity index (χ1v) is 6.50. The maximum atomic E-state index is 13.2. The molecule has 0 spiro atoms. The average molecular weight is 257 g/mol. The lowest BCUT2D eigenvalue weighted by Gasteiger charge is -2.33. The van der Waals surface area contributed by atoms with Gasteiger partial charge in [-0.25, -0.2) is 4.39 Å². The Morgan fingerprint density at radius 2 is 2.00 bits per heavy atom. The van der Waals surface area contributed by atoms with Gasteiger partial charge in [-0.15, -0.1) is 0 Å². The van der Waals surface area contributed by atoms with Crippen LogP contribution >= 0.6 is 0 Å². The van der Waals surface area contributed by atoms with E-state index in [9.17, 15) is 9.50 Å². The van der Waals surface area contributed by atoms with Crippen molar-refractivity contribution >= 4 is 5.69 Å². The third kappa shape index (κ3) is 2.47. The minimum absolute atomic E-state index is 0.206. The van der Waals surface area contributed by atoms with Gasteiger partial charge in [0.05, 0.1) is 6.10 Å². The van der Waals surface area contributed by atoms with Gasteiger partial charge in [-0.05, 0) is 30.2 Å². The van der Waals surface area contributed by atoms with Gasteiger partial charge in [0, 0.05) is 24.3 Å². The molecule has 0 fully saturated rings. The van der Waals surface area contributed by atoms with Crippen LogP contribution in [0.15, 0.2) is 48.5 Å². The third-order valence-corrected chi connectivity index (χ3v) is 3.57. The molecule has 0 aromatic heterocycles. The first-order chi connectivity index (χ1) is 9.24. The van der Waals surface area contributed by atoms with Gasteiger partial charge in [0.15, 0.2) is 0 Å². The zero-order chi connectivity index (χ0) is 13.2. The largest absolute Gasteiger partial charge is 0.388 e. The van der Waals surface area contributed by atoms with E-state index in [0.717, 1.165) is 23.4 Å². The summed E-state index contributed by atoms with van der Waals surface area (Å²) < 4.78 is 13.2. The van der Waals surface area contributed by atoms with Gasteiger partial charge in [0.2, 0.25) is 0 Å². The minimum Gasteiger partial charge on any atom is -0.388 e. The molecule has 1 heterocycles. The van der Waals surface area contributed by atoms with E-state index in [0.29, 0.717) is 13.0 Å². The molecule has 1 aliphatic heterocycles. The predicted octanol–water partition coefficient (Wildman–Crippen LogP) is 3.27. The maximum absolute atomic E-state index is 13.2. The van der Waals surface area contributed by atoms with E-state index in [1.54, 1.807) is 12.1 Å². The monoisotopic (exact) mass is 257 g/mol. The molecule has 0 saturated carbocycles. The number of para-hydroxylation sites is 1. The van der Waals surface area contributed by atoms with Crippen LogP contribution in [0.4, 0.5) is 10.1 Å². The molecule has 1 N–H and O–H groups in total. The van der Waals surface area contributed by atoms with Gasteiger partial charge in [0.1, 0.15) is 5.82 Å². The first kappa shape index (κ1) is 12.2. The molecule has 0 saturated heterocycles. The summed E-state index contributed by atoms with van der Waals surface area (Å²) in [6.07, 6.45) is 0.326. The highest BCUT2D eigenvalue weighted by Gasteiger charge is 2.22. The van der Waals surface area contributed by atoms with Crippen molar-refractivity contribution in [3.05, 3.63) is 65.5 Å². The lowest BCUT2D eigenvalue weighted by Crippen LogP contribution is -2.30. The quantitative estimate of drug-likeness (QED) is 0.892. The van der Waals surface area contributed by atoms with Crippen LogP contribution < -0.4 is 4.90 Å². The first-order valence-electron chi connectivity index (χ1n) is 6.50. The Labute approximate surface area is 112 Å². The normalized spacial score (nSPS) is 18.2. The van der Waals surface area contributed by atoms with Crippen molar-refractivity contribution in [3.63, 3.8) is 0 Å². The molecule has 2 nitrogen and oxygen atoms in total. The van der Waals surface area contributed by atoms with Gasteiger partial charge >= 0.3 is 0 Å². The van der Waals surface area contributed by atoms with E-state index in [1.165, 1.54) is 6.07 Å². The molecular weight excluding hydrogens is 241 g/mol. The summed E-state index contributed by atoms with van der Waals surface area (Å²) in [4.78, 5) is 2.19. The second kappa shape index (κ2) is 5.02. The Hall–Kier alpha value is -1.87. The Bertz CT molecular complexity index is 584. The van der Waals surface area contributed by atoms with Crippen LogP contribution in [-0.2, 0) is 6.54 Å². The molecule has 0 radical (unpaired) electrons. The fourth-order valence-corrected chi connectivity index (χ4v) is 2.63. The van der Waals surface area contributed by atoms with Gasteiger partial charge < -0.3 is 10.0 Å². The summed E-state index contributed by atoms with van der Waals surface area (Å²) in [5, 5.41) is 10.0. The fraction of sp³-hybridized carbons (Fsp3) is 0.250. The number of benzene rings is 2. The zero-order valence-corrected chi connectivity index (χ0v) is 10.6. The molecule has 2 aromatic rings. The predicted molar refractivity (Wildman–Crippen MR) is 73.5 cm³/mol. The average Bonchev–Trinajstić information content (AvgIpc) is 2.42. The van der Waals surface area contributed by atoms with Crippen LogP contribution in [0, 0.1) is 5.82 Å². The molecule has 1 unspecified atom stereocenters. The second-order valence-electron chi connectivity index (χ2n) is 4.91. The summed E-state index contributed by atoms with van der Waals surface area (Å²) in [5.74, 6) is -0.206. The fourth-order valence-electron chi connectivity index (χ4n) is 2.63. The Kier molecular flexibility index (Phi) is 3.22. The van der Waals surface area contributed by atoms with E-state index >= 15 is 0 Å². The molecule has 3 heteroatoms. The highest BCUT2D eigenvalue weighted by Crippen LogP contribution is 2.34. The molecule has 1 aliphatic rings. The number of fused-ring (bicyclic) bond motifs is 1. The van der Waals surface area contributed by atoms with Crippen molar-refractivity contribution in [1.82, 2.24) is 0 Å². The lowest BCUT2D eigenvalue weighted by atomic mass is 9.98. The van der Waals surface area contributed by atoms with Crippen LogP contribution in [-0.4, -0.2) is 11.7 Å². The van der Waals surface area contributed by atoms with Crippen molar-refractivity contribution < 1.29 is 9.50 Å². The van der Waals surface area contributed by atoms with Gasteiger partial charge in [-0.3, -0.25) is 0 Å². The highest BCUT2D eigenvalue weighted by molar-refractivity contribution is 5.56. The topological polar surface area (TPSA) is 23.5 Å². The zero-order valence-electron chi connectivity index (χ0n) is 10.6. The molecule has 19 heavy (non-hydrogen) atoms. The van der Waals surface area contributed by atoms with Crippen LogP contribution in [0.25, 0.3) is 0 Å². The summed E-state index contributed by atoms with van der Waals surface area (Å²) in [6.45, 7) is 1.45.